The molecule has 0 atom stereocenters. The zero-order chi connectivity index (χ0) is 20.9. The third kappa shape index (κ3) is 4.36. The van der Waals surface area contributed by atoms with E-state index < -0.39 is 0 Å². The molecule has 0 fully saturated rings. The zero-order valence-corrected chi connectivity index (χ0v) is 16.0. The van der Waals surface area contributed by atoms with Gasteiger partial charge in [0.25, 0.3) is 5.91 Å². The van der Waals surface area contributed by atoms with Gasteiger partial charge in [-0.3, -0.25) is 9.78 Å². The number of anilines is 3. The molecule has 0 aliphatic rings. The van der Waals surface area contributed by atoms with Gasteiger partial charge >= 0.3 is 0 Å². The van der Waals surface area contributed by atoms with Crippen molar-refractivity contribution in [3.8, 4) is 22.8 Å². The minimum atomic E-state index is -0.286. The number of pyridine rings is 1. The number of carbonyl (C=O) groups is 1. The normalized spacial score (nSPS) is 10.4. The average Bonchev–Trinajstić information content (AvgIpc) is 3.28. The molecule has 4 N–H and O–H groups in total. The lowest BCUT2D eigenvalue weighted by atomic mass is 10.2. The lowest BCUT2D eigenvalue weighted by molar-refractivity contribution is 0.0958. The van der Waals surface area contributed by atoms with Crippen LogP contribution in [0.15, 0.2) is 71.7 Å². The third-order valence-electron chi connectivity index (χ3n) is 4.09. The van der Waals surface area contributed by atoms with Gasteiger partial charge < -0.3 is 25.5 Å². The molecule has 9 nitrogen and oxygen atoms in total. The maximum Gasteiger partial charge on any atom is 0.269 e. The predicted octanol–water partition coefficient (Wildman–Crippen LogP) is 3.61. The van der Waals surface area contributed by atoms with E-state index in [2.05, 4.69) is 25.6 Å². The molecular weight excluding hydrogens is 384 g/mol. The quantitative estimate of drug-likeness (QED) is 0.446. The molecule has 0 spiro atoms. The summed E-state index contributed by atoms with van der Waals surface area (Å²) < 4.78 is 11.0. The van der Waals surface area contributed by atoms with Crippen LogP contribution in [-0.4, -0.2) is 27.9 Å². The smallest absolute Gasteiger partial charge is 0.269 e. The van der Waals surface area contributed by atoms with Crippen molar-refractivity contribution in [2.24, 2.45) is 0 Å². The fourth-order valence-electron chi connectivity index (χ4n) is 2.74. The van der Waals surface area contributed by atoms with Gasteiger partial charge in [-0.05, 0) is 24.3 Å². The van der Waals surface area contributed by atoms with Crippen LogP contribution in [0.3, 0.4) is 0 Å². The summed E-state index contributed by atoms with van der Waals surface area (Å²) in [6.07, 6.45) is 4.67. The van der Waals surface area contributed by atoms with Gasteiger partial charge in [-0.1, -0.05) is 6.07 Å². The number of carbonyl (C=O) groups excluding carboxylic acids is 1. The van der Waals surface area contributed by atoms with E-state index in [1.807, 2.05) is 12.1 Å². The summed E-state index contributed by atoms with van der Waals surface area (Å²) in [6.45, 7) is 0. The Morgan fingerprint density at radius 2 is 1.97 bits per heavy atom. The minimum absolute atomic E-state index is 0.141. The Morgan fingerprint density at radius 1 is 1.10 bits per heavy atom. The van der Waals surface area contributed by atoms with Gasteiger partial charge in [0.2, 0.25) is 5.95 Å². The van der Waals surface area contributed by atoms with Crippen LogP contribution >= 0.6 is 0 Å². The molecule has 0 radical (unpaired) electrons. The SMILES string of the molecule is CNC(=O)c1cc(Oc2cccc(Nc3cc(-c4ccoc4)nc(N)n3)c2)ccn1. The molecule has 4 rings (SSSR count). The fourth-order valence-corrected chi connectivity index (χ4v) is 2.74. The number of hydrogen-bond donors (Lipinski definition) is 3. The Balaban J connectivity index is 1.54. The summed E-state index contributed by atoms with van der Waals surface area (Å²) >= 11 is 0. The predicted molar refractivity (Wildman–Crippen MR) is 112 cm³/mol. The van der Waals surface area contributed by atoms with E-state index in [1.165, 1.54) is 6.20 Å². The van der Waals surface area contributed by atoms with Gasteiger partial charge in [-0.25, -0.2) is 4.98 Å². The molecule has 0 bridgehead atoms. The first-order valence-electron chi connectivity index (χ1n) is 9.01. The number of rotatable bonds is 6. The number of hydrogen-bond acceptors (Lipinski definition) is 8. The molecule has 1 aromatic carbocycles. The molecular formula is C21H18N6O3. The third-order valence-corrected chi connectivity index (χ3v) is 4.09. The number of ether oxygens (including phenoxy) is 1. The molecule has 0 aliphatic carbocycles. The van der Waals surface area contributed by atoms with Crippen LogP contribution in [0.5, 0.6) is 11.5 Å². The van der Waals surface area contributed by atoms with Crippen molar-refractivity contribution < 1.29 is 13.9 Å². The van der Waals surface area contributed by atoms with Crippen LogP contribution in [0.1, 0.15) is 10.5 Å². The van der Waals surface area contributed by atoms with Crippen LogP contribution < -0.4 is 21.1 Å². The molecule has 4 aromatic rings. The molecule has 3 heterocycles. The van der Waals surface area contributed by atoms with Crippen molar-refractivity contribution in [3.05, 3.63) is 72.9 Å². The summed E-state index contributed by atoms with van der Waals surface area (Å²) in [5, 5.41) is 5.73. The topological polar surface area (TPSA) is 128 Å². The second kappa shape index (κ2) is 8.31. The Labute approximate surface area is 172 Å². The first-order valence-corrected chi connectivity index (χ1v) is 9.01. The van der Waals surface area contributed by atoms with E-state index >= 15 is 0 Å². The van der Waals surface area contributed by atoms with Gasteiger partial charge in [0.05, 0.1) is 18.2 Å². The van der Waals surface area contributed by atoms with Crippen molar-refractivity contribution in [2.75, 3.05) is 18.1 Å². The molecule has 3 aromatic heterocycles. The van der Waals surface area contributed by atoms with Gasteiger partial charge in [-0.2, -0.15) is 4.98 Å². The zero-order valence-electron chi connectivity index (χ0n) is 16.0. The van der Waals surface area contributed by atoms with E-state index in [0.29, 0.717) is 23.0 Å². The largest absolute Gasteiger partial charge is 0.472 e. The Kier molecular flexibility index (Phi) is 5.25. The highest BCUT2D eigenvalue weighted by molar-refractivity contribution is 5.92. The summed E-state index contributed by atoms with van der Waals surface area (Å²) in [5.41, 5.74) is 8.30. The van der Waals surface area contributed by atoms with Gasteiger partial charge in [0.1, 0.15) is 23.0 Å². The van der Waals surface area contributed by atoms with Crippen molar-refractivity contribution in [2.45, 2.75) is 0 Å². The number of furan rings is 1. The number of aromatic nitrogens is 3. The maximum absolute atomic E-state index is 11.7. The summed E-state index contributed by atoms with van der Waals surface area (Å²) in [5.74, 6) is 1.45. The molecule has 1 amide bonds. The Hall–Kier alpha value is -4.40. The van der Waals surface area contributed by atoms with Crippen molar-refractivity contribution in [1.82, 2.24) is 20.3 Å². The fraction of sp³-hybridized carbons (Fsp3) is 0.0476. The van der Waals surface area contributed by atoms with Crippen molar-refractivity contribution in [3.63, 3.8) is 0 Å². The highest BCUT2D eigenvalue weighted by Crippen LogP contribution is 2.27. The molecule has 0 unspecified atom stereocenters. The number of nitrogens with zero attached hydrogens (tertiary/aromatic N) is 3. The van der Waals surface area contributed by atoms with Gasteiger partial charge in [0, 0.05) is 42.7 Å². The lowest BCUT2D eigenvalue weighted by Gasteiger charge is -2.11. The van der Waals surface area contributed by atoms with E-state index in [0.717, 1.165) is 11.3 Å². The number of nitrogen functional groups attached to an aromatic ring is 1. The number of nitrogens with one attached hydrogen (secondary N) is 2. The number of amides is 1. The molecule has 0 aliphatic heterocycles. The second-order valence-electron chi connectivity index (χ2n) is 6.22. The highest BCUT2D eigenvalue weighted by Gasteiger charge is 2.09. The van der Waals surface area contributed by atoms with Crippen LogP contribution in [0.2, 0.25) is 0 Å². The lowest BCUT2D eigenvalue weighted by Crippen LogP contribution is -2.18. The van der Waals surface area contributed by atoms with Gasteiger partial charge in [0.15, 0.2) is 0 Å². The van der Waals surface area contributed by atoms with E-state index in [-0.39, 0.29) is 17.5 Å². The minimum Gasteiger partial charge on any atom is -0.472 e. The number of nitrogens with two attached hydrogens (primary N) is 1. The van der Waals surface area contributed by atoms with Crippen LogP contribution in [-0.2, 0) is 0 Å². The number of benzene rings is 1. The highest BCUT2D eigenvalue weighted by atomic mass is 16.5. The van der Waals surface area contributed by atoms with Crippen LogP contribution in [0, 0.1) is 0 Å². The van der Waals surface area contributed by atoms with Crippen molar-refractivity contribution in [1.29, 1.82) is 0 Å². The van der Waals surface area contributed by atoms with E-state index in [4.69, 9.17) is 14.9 Å². The van der Waals surface area contributed by atoms with E-state index in [1.54, 1.807) is 56.0 Å². The summed E-state index contributed by atoms with van der Waals surface area (Å²) in [6, 6.07) is 14.1. The second-order valence-corrected chi connectivity index (χ2v) is 6.22. The van der Waals surface area contributed by atoms with Crippen LogP contribution in [0.25, 0.3) is 11.3 Å². The average molecular weight is 402 g/mol. The standard InChI is InChI=1S/C21H18N6O3/c1-23-20(28)18-10-16(5-7-24-18)30-15-4-2-3-14(9-15)25-19-11-17(26-21(22)27-19)13-6-8-29-12-13/h2-12H,1H3,(H,23,28)(H3,22,25,26,27). The molecule has 9 heteroatoms. The van der Waals surface area contributed by atoms with Crippen molar-refractivity contribution >= 4 is 23.4 Å². The van der Waals surface area contributed by atoms with Gasteiger partial charge in [-0.15, -0.1) is 0 Å². The molecule has 150 valence electrons. The monoisotopic (exact) mass is 402 g/mol. The maximum atomic E-state index is 11.7. The Bertz CT molecular complexity index is 1180. The van der Waals surface area contributed by atoms with Crippen LogP contribution in [0.4, 0.5) is 17.5 Å². The summed E-state index contributed by atoms with van der Waals surface area (Å²) in [7, 11) is 1.55. The summed E-state index contributed by atoms with van der Waals surface area (Å²) in [4.78, 5) is 24.2. The van der Waals surface area contributed by atoms with E-state index in [9.17, 15) is 4.79 Å². The molecule has 0 saturated carbocycles. The first kappa shape index (κ1) is 18.9. The Morgan fingerprint density at radius 3 is 2.77 bits per heavy atom. The molecule has 0 saturated heterocycles. The first-order chi connectivity index (χ1) is 14.6. The molecule has 30 heavy (non-hydrogen) atoms.